The minimum atomic E-state index is -0.314. The van der Waals surface area contributed by atoms with Gasteiger partial charge in [0.25, 0.3) is 5.91 Å². The normalized spacial score (nSPS) is 15.2. The van der Waals surface area contributed by atoms with E-state index >= 15 is 0 Å². The van der Waals surface area contributed by atoms with Crippen molar-refractivity contribution in [1.29, 1.82) is 0 Å². The molecule has 2 aromatic rings. The first-order chi connectivity index (χ1) is 12.6. The smallest absolute Gasteiger partial charge is 0.323 e. The Balaban J connectivity index is 1.57. The van der Waals surface area contributed by atoms with Crippen LogP contribution in [0.25, 0.3) is 0 Å². The zero-order chi connectivity index (χ0) is 18.4. The van der Waals surface area contributed by atoms with E-state index in [4.69, 9.17) is 0 Å². The van der Waals surface area contributed by atoms with Crippen LogP contribution < -0.4 is 10.6 Å². The lowest BCUT2D eigenvalue weighted by atomic mass is 10.1. The molecule has 0 saturated carbocycles. The van der Waals surface area contributed by atoms with Gasteiger partial charge in [-0.25, -0.2) is 4.79 Å². The molecular weight excluding hydrogens is 328 g/mol. The third-order valence-corrected chi connectivity index (χ3v) is 4.43. The standard InChI is InChI=1S/C20H24N4O2/c1-23-12-5-13-24(15-14-23)19(25)16-8-10-18(11-9-16)22-20(26)21-17-6-3-2-4-7-17/h2-4,6-11H,5,12-15H2,1H3,(H2,21,22,26). The number of hydrogen-bond acceptors (Lipinski definition) is 3. The van der Waals surface area contributed by atoms with Crippen molar-refractivity contribution in [3.63, 3.8) is 0 Å². The number of carbonyl (C=O) groups excluding carboxylic acids is 2. The fourth-order valence-electron chi connectivity index (χ4n) is 2.94. The first-order valence-electron chi connectivity index (χ1n) is 8.83. The summed E-state index contributed by atoms with van der Waals surface area (Å²) in [5, 5.41) is 5.53. The number of nitrogens with zero attached hydrogens (tertiary/aromatic N) is 2. The molecule has 1 fully saturated rings. The second kappa shape index (κ2) is 8.49. The number of likely N-dealkylation sites (N-methyl/N-ethyl adjacent to an activating group) is 1. The Morgan fingerprint density at radius 2 is 1.46 bits per heavy atom. The average molecular weight is 352 g/mol. The summed E-state index contributed by atoms with van der Waals surface area (Å²) in [4.78, 5) is 28.8. The molecule has 6 nitrogen and oxygen atoms in total. The van der Waals surface area contributed by atoms with Gasteiger partial charge in [-0.2, -0.15) is 0 Å². The molecule has 0 bridgehead atoms. The molecule has 26 heavy (non-hydrogen) atoms. The van der Waals surface area contributed by atoms with Crippen molar-refractivity contribution in [2.24, 2.45) is 0 Å². The van der Waals surface area contributed by atoms with Crippen LogP contribution in [-0.2, 0) is 0 Å². The molecule has 0 aliphatic carbocycles. The zero-order valence-corrected chi connectivity index (χ0v) is 14.9. The maximum atomic E-state index is 12.6. The van der Waals surface area contributed by atoms with E-state index in [1.165, 1.54) is 0 Å². The second-order valence-electron chi connectivity index (χ2n) is 6.47. The van der Waals surface area contributed by atoms with Crippen LogP contribution in [0.1, 0.15) is 16.8 Å². The van der Waals surface area contributed by atoms with E-state index in [1.807, 2.05) is 35.2 Å². The van der Waals surface area contributed by atoms with E-state index in [2.05, 4.69) is 22.6 Å². The van der Waals surface area contributed by atoms with Gasteiger partial charge >= 0.3 is 6.03 Å². The summed E-state index contributed by atoms with van der Waals surface area (Å²) in [6.07, 6.45) is 0.988. The summed E-state index contributed by atoms with van der Waals surface area (Å²) in [6, 6.07) is 16.0. The van der Waals surface area contributed by atoms with Gasteiger partial charge in [0.15, 0.2) is 0 Å². The number of urea groups is 1. The fourth-order valence-corrected chi connectivity index (χ4v) is 2.94. The van der Waals surface area contributed by atoms with Crippen LogP contribution in [-0.4, -0.2) is 55.0 Å². The predicted octanol–water partition coefficient (Wildman–Crippen LogP) is 3.11. The van der Waals surface area contributed by atoms with Crippen LogP contribution in [0.3, 0.4) is 0 Å². The van der Waals surface area contributed by atoms with Crippen molar-refractivity contribution in [2.45, 2.75) is 6.42 Å². The number of carbonyl (C=O) groups is 2. The van der Waals surface area contributed by atoms with Crippen molar-refractivity contribution in [3.05, 3.63) is 60.2 Å². The van der Waals surface area contributed by atoms with Crippen LogP contribution in [0.5, 0.6) is 0 Å². The zero-order valence-electron chi connectivity index (χ0n) is 14.9. The number of rotatable bonds is 3. The van der Waals surface area contributed by atoms with Gasteiger partial charge < -0.3 is 20.4 Å². The quantitative estimate of drug-likeness (QED) is 0.892. The van der Waals surface area contributed by atoms with E-state index in [1.54, 1.807) is 24.3 Å². The third-order valence-electron chi connectivity index (χ3n) is 4.43. The lowest BCUT2D eigenvalue weighted by Gasteiger charge is -2.20. The highest BCUT2D eigenvalue weighted by Crippen LogP contribution is 2.14. The molecule has 3 rings (SSSR count). The predicted molar refractivity (Wildman–Crippen MR) is 104 cm³/mol. The molecule has 0 unspecified atom stereocenters. The topological polar surface area (TPSA) is 64.7 Å². The van der Waals surface area contributed by atoms with Gasteiger partial charge in [-0.3, -0.25) is 4.79 Å². The van der Waals surface area contributed by atoms with Crippen molar-refractivity contribution in [3.8, 4) is 0 Å². The molecule has 0 spiro atoms. The van der Waals surface area contributed by atoms with Gasteiger partial charge in [0.2, 0.25) is 0 Å². The maximum Gasteiger partial charge on any atom is 0.323 e. The second-order valence-corrected chi connectivity index (χ2v) is 6.47. The lowest BCUT2D eigenvalue weighted by Crippen LogP contribution is -2.34. The van der Waals surface area contributed by atoms with Crippen LogP contribution in [0.4, 0.5) is 16.2 Å². The first kappa shape index (κ1) is 17.9. The minimum absolute atomic E-state index is 0.0422. The molecular formula is C20H24N4O2. The Kier molecular flexibility index (Phi) is 5.86. The van der Waals surface area contributed by atoms with Crippen molar-refractivity contribution >= 4 is 23.3 Å². The summed E-state index contributed by atoms with van der Waals surface area (Å²) in [5.74, 6) is 0.0422. The van der Waals surface area contributed by atoms with Crippen LogP contribution >= 0.6 is 0 Å². The molecule has 136 valence electrons. The number of nitrogens with one attached hydrogen (secondary N) is 2. The fraction of sp³-hybridized carbons (Fsp3) is 0.300. The number of para-hydroxylation sites is 1. The van der Waals surface area contributed by atoms with E-state index < -0.39 is 0 Å². The van der Waals surface area contributed by atoms with Gasteiger partial charge in [-0.1, -0.05) is 18.2 Å². The van der Waals surface area contributed by atoms with E-state index in [-0.39, 0.29) is 11.9 Å². The highest BCUT2D eigenvalue weighted by Gasteiger charge is 2.18. The Morgan fingerprint density at radius 1 is 0.808 bits per heavy atom. The minimum Gasteiger partial charge on any atom is -0.337 e. The third kappa shape index (κ3) is 4.83. The highest BCUT2D eigenvalue weighted by molar-refractivity contribution is 6.00. The Morgan fingerprint density at radius 3 is 2.15 bits per heavy atom. The maximum absolute atomic E-state index is 12.6. The molecule has 3 amide bonds. The summed E-state index contributed by atoms with van der Waals surface area (Å²) >= 11 is 0. The van der Waals surface area contributed by atoms with Crippen LogP contribution in [0.2, 0.25) is 0 Å². The molecule has 0 atom stereocenters. The Hall–Kier alpha value is -2.86. The largest absolute Gasteiger partial charge is 0.337 e. The van der Waals surface area contributed by atoms with E-state index in [0.29, 0.717) is 11.3 Å². The number of benzene rings is 2. The summed E-state index contributed by atoms with van der Waals surface area (Å²) in [5.41, 5.74) is 2.01. The Bertz CT molecular complexity index is 746. The number of amides is 3. The SMILES string of the molecule is CN1CCCN(C(=O)c2ccc(NC(=O)Nc3ccccc3)cc2)CC1. The lowest BCUT2D eigenvalue weighted by molar-refractivity contribution is 0.0763. The highest BCUT2D eigenvalue weighted by atomic mass is 16.2. The number of hydrogen-bond donors (Lipinski definition) is 2. The molecule has 2 aromatic carbocycles. The van der Waals surface area contributed by atoms with Gasteiger partial charge in [-0.05, 0) is 56.4 Å². The Labute approximate surface area is 153 Å². The summed E-state index contributed by atoms with van der Waals surface area (Å²) in [7, 11) is 2.08. The van der Waals surface area contributed by atoms with Crippen LogP contribution in [0.15, 0.2) is 54.6 Å². The van der Waals surface area contributed by atoms with Gasteiger partial charge in [0.1, 0.15) is 0 Å². The summed E-state index contributed by atoms with van der Waals surface area (Å²) < 4.78 is 0. The molecule has 1 aliphatic heterocycles. The van der Waals surface area contributed by atoms with Gasteiger partial charge in [-0.15, -0.1) is 0 Å². The van der Waals surface area contributed by atoms with E-state index in [0.717, 1.165) is 38.3 Å². The number of anilines is 2. The van der Waals surface area contributed by atoms with Crippen molar-refractivity contribution in [1.82, 2.24) is 9.80 Å². The molecule has 1 heterocycles. The van der Waals surface area contributed by atoms with Crippen LogP contribution in [0, 0.1) is 0 Å². The molecule has 6 heteroatoms. The molecule has 0 radical (unpaired) electrons. The molecule has 0 aromatic heterocycles. The van der Waals surface area contributed by atoms with Gasteiger partial charge in [0, 0.05) is 36.6 Å². The average Bonchev–Trinajstić information content (AvgIpc) is 2.87. The van der Waals surface area contributed by atoms with Crippen molar-refractivity contribution in [2.75, 3.05) is 43.9 Å². The molecule has 1 aliphatic rings. The molecule has 2 N–H and O–H groups in total. The van der Waals surface area contributed by atoms with Gasteiger partial charge in [0.05, 0.1) is 0 Å². The summed E-state index contributed by atoms with van der Waals surface area (Å²) in [6.45, 7) is 3.44. The van der Waals surface area contributed by atoms with E-state index in [9.17, 15) is 9.59 Å². The monoisotopic (exact) mass is 352 g/mol. The molecule has 1 saturated heterocycles. The van der Waals surface area contributed by atoms with Crippen molar-refractivity contribution < 1.29 is 9.59 Å². The first-order valence-corrected chi connectivity index (χ1v) is 8.83.